The molecule has 0 aromatic heterocycles. The Balaban J connectivity index is 1.74. The molecule has 0 atom stereocenters. The molecule has 2 aliphatic rings. The smallest absolute Gasteiger partial charge is 0.262 e. The van der Waals surface area contributed by atoms with E-state index >= 15 is 0 Å². The molecule has 6 nitrogen and oxygen atoms in total. The molecule has 0 aliphatic carbocycles. The molecule has 0 saturated carbocycles. The second kappa shape index (κ2) is 5.96. The van der Waals surface area contributed by atoms with Crippen molar-refractivity contribution in [3.63, 3.8) is 0 Å². The zero-order chi connectivity index (χ0) is 15.7. The Morgan fingerprint density at radius 2 is 2.09 bits per heavy atom. The van der Waals surface area contributed by atoms with Gasteiger partial charge in [-0.15, -0.1) is 0 Å². The number of rotatable bonds is 2. The highest BCUT2D eigenvalue weighted by Crippen LogP contribution is 2.29. The summed E-state index contributed by atoms with van der Waals surface area (Å²) in [6.45, 7) is 2.04. The van der Waals surface area contributed by atoms with Gasteiger partial charge in [0.1, 0.15) is 5.75 Å². The van der Waals surface area contributed by atoms with Crippen LogP contribution in [0.5, 0.6) is 5.75 Å². The summed E-state index contributed by atoms with van der Waals surface area (Å²) in [6.07, 6.45) is 1.98. The van der Waals surface area contributed by atoms with E-state index in [4.69, 9.17) is 4.74 Å². The highest BCUT2D eigenvalue weighted by atomic mass is 16.5. The molecule has 1 aromatic rings. The summed E-state index contributed by atoms with van der Waals surface area (Å²) in [5.41, 5.74) is 1.14. The molecule has 0 spiro atoms. The van der Waals surface area contributed by atoms with Crippen molar-refractivity contribution in [1.29, 1.82) is 0 Å². The summed E-state index contributed by atoms with van der Waals surface area (Å²) in [4.78, 5) is 28.1. The van der Waals surface area contributed by atoms with Gasteiger partial charge in [0.05, 0.1) is 5.69 Å². The number of nitrogens with one attached hydrogen (secondary N) is 1. The molecule has 1 fully saturated rings. The van der Waals surface area contributed by atoms with Crippen molar-refractivity contribution < 1.29 is 14.3 Å². The van der Waals surface area contributed by atoms with Crippen LogP contribution in [0, 0.1) is 0 Å². The third-order valence-corrected chi connectivity index (χ3v) is 4.42. The third kappa shape index (κ3) is 2.92. The SMILES string of the molecule is CN1CCC(N(C)C(=O)c2ccc3c(c2)NC(=O)CO3)CC1. The number of likely N-dealkylation sites (tertiary alicyclic amines) is 1. The van der Waals surface area contributed by atoms with Crippen molar-refractivity contribution in [3.8, 4) is 5.75 Å². The Bertz CT molecular complexity index is 594. The lowest BCUT2D eigenvalue weighted by Gasteiger charge is -2.35. The molecule has 1 saturated heterocycles. The van der Waals surface area contributed by atoms with Crippen molar-refractivity contribution in [1.82, 2.24) is 9.80 Å². The van der Waals surface area contributed by atoms with Crippen LogP contribution in [-0.4, -0.2) is 61.4 Å². The molecular weight excluding hydrogens is 282 g/mol. The number of carbonyl (C=O) groups is 2. The normalized spacial score (nSPS) is 19.1. The van der Waals surface area contributed by atoms with E-state index in [2.05, 4.69) is 17.3 Å². The number of carbonyl (C=O) groups excluding carboxylic acids is 2. The van der Waals surface area contributed by atoms with Crippen molar-refractivity contribution in [3.05, 3.63) is 23.8 Å². The molecule has 6 heteroatoms. The van der Waals surface area contributed by atoms with Gasteiger partial charge in [-0.2, -0.15) is 0 Å². The van der Waals surface area contributed by atoms with Gasteiger partial charge in [-0.3, -0.25) is 9.59 Å². The topological polar surface area (TPSA) is 61.9 Å². The number of hydrogen-bond acceptors (Lipinski definition) is 4. The predicted octanol–water partition coefficient (Wildman–Crippen LogP) is 1.18. The summed E-state index contributed by atoms with van der Waals surface area (Å²) in [7, 11) is 3.96. The first-order chi connectivity index (χ1) is 10.5. The summed E-state index contributed by atoms with van der Waals surface area (Å²) >= 11 is 0. The summed E-state index contributed by atoms with van der Waals surface area (Å²) in [5, 5.41) is 2.74. The Morgan fingerprint density at radius 1 is 1.36 bits per heavy atom. The number of amides is 2. The molecule has 2 aliphatic heterocycles. The van der Waals surface area contributed by atoms with E-state index in [-0.39, 0.29) is 24.5 Å². The Labute approximate surface area is 130 Å². The van der Waals surface area contributed by atoms with Gasteiger partial charge in [0.15, 0.2) is 6.61 Å². The molecule has 2 amide bonds. The lowest BCUT2D eigenvalue weighted by molar-refractivity contribution is -0.118. The van der Waals surface area contributed by atoms with Crippen LogP contribution in [0.2, 0.25) is 0 Å². The van der Waals surface area contributed by atoms with Crippen molar-refractivity contribution in [2.45, 2.75) is 18.9 Å². The van der Waals surface area contributed by atoms with Crippen LogP contribution in [0.1, 0.15) is 23.2 Å². The van der Waals surface area contributed by atoms with E-state index in [1.807, 2.05) is 11.9 Å². The van der Waals surface area contributed by atoms with E-state index in [0.29, 0.717) is 17.0 Å². The van der Waals surface area contributed by atoms with Crippen LogP contribution < -0.4 is 10.1 Å². The molecule has 3 rings (SSSR count). The van der Waals surface area contributed by atoms with Crippen molar-refractivity contribution >= 4 is 17.5 Å². The molecule has 2 heterocycles. The molecule has 1 N–H and O–H groups in total. The van der Waals surface area contributed by atoms with E-state index in [1.165, 1.54) is 0 Å². The first-order valence-corrected chi connectivity index (χ1v) is 7.57. The lowest BCUT2D eigenvalue weighted by atomic mass is 10.0. The lowest BCUT2D eigenvalue weighted by Crippen LogP contribution is -2.44. The average Bonchev–Trinajstić information content (AvgIpc) is 2.53. The number of piperidine rings is 1. The zero-order valence-electron chi connectivity index (χ0n) is 13.0. The van der Waals surface area contributed by atoms with E-state index < -0.39 is 0 Å². The van der Waals surface area contributed by atoms with Gasteiger partial charge >= 0.3 is 0 Å². The Kier molecular flexibility index (Phi) is 4.02. The van der Waals surface area contributed by atoms with Gasteiger partial charge in [0.2, 0.25) is 0 Å². The fraction of sp³-hybridized carbons (Fsp3) is 0.500. The van der Waals surface area contributed by atoms with E-state index in [1.54, 1.807) is 18.2 Å². The molecule has 0 unspecified atom stereocenters. The second-order valence-corrected chi connectivity index (χ2v) is 6.00. The van der Waals surface area contributed by atoms with Crippen molar-refractivity contribution in [2.24, 2.45) is 0 Å². The summed E-state index contributed by atoms with van der Waals surface area (Å²) in [6, 6.07) is 5.46. The van der Waals surface area contributed by atoms with Gasteiger partial charge in [0.25, 0.3) is 11.8 Å². The fourth-order valence-electron chi connectivity index (χ4n) is 2.97. The maximum Gasteiger partial charge on any atom is 0.262 e. The summed E-state index contributed by atoms with van der Waals surface area (Å²) < 4.78 is 5.32. The van der Waals surface area contributed by atoms with E-state index in [9.17, 15) is 9.59 Å². The number of fused-ring (bicyclic) bond motifs is 1. The van der Waals surface area contributed by atoms with Gasteiger partial charge < -0.3 is 19.9 Å². The number of ether oxygens (including phenoxy) is 1. The maximum absolute atomic E-state index is 12.7. The van der Waals surface area contributed by atoms with Gasteiger partial charge in [0, 0.05) is 18.7 Å². The van der Waals surface area contributed by atoms with E-state index in [0.717, 1.165) is 25.9 Å². The second-order valence-electron chi connectivity index (χ2n) is 6.00. The molecule has 0 bridgehead atoms. The minimum Gasteiger partial charge on any atom is -0.482 e. The standard InChI is InChI=1S/C16H21N3O3/c1-18-7-5-12(6-8-18)19(2)16(21)11-3-4-14-13(9-11)17-15(20)10-22-14/h3-4,9,12H,5-8,10H2,1-2H3,(H,17,20). The zero-order valence-corrected chi connectivity index (χ0v) is 13.0. The van der Waals surface area contributed by atoms with Crippen molar-refractivity contribution in [2.75, 3.05) is 39.1 Å². The maximum atomic E-state index is 12.7. The van der Waals surface area contributed by atoms with Crippen LogP contribution >= 0.6 is 0 Å². The van der Waals surface area contributed by atoms with Crippen LogP contribution in [0.3, 0.4) is 0 Å². The highest BCUT2D eigenvalue weighted by Gasteiger charge is 2.26. The quantitative estimate of drug-likeness (QED) is 0.891. The molecular formula is C16H21N3O3. The fourth-order valence-corrected chi connectivity index (χ4v) is 2.97. The number of benzene rings is 1. The third-order valence-electron chi connectivity index (χ3n) is 4.42. The minimum atomic E-state index is -0.194. The number of nitrogens with zero attached hydrogens (tertiary/aromatic N) is 2. The van der Waals surface area contributed by atoms with Gasteiger partial charge in [-0.05, 0) is 51.2 Å². The molecule has 22 heavy (non-hydrogen) atoms. The van der Waals surface area contributed by atoms with Crippen LogP contribution in [-0.2, 0) is 4.79 Å². The molecule has 118 valence electrons. The number of hydrogen-bond donors (Lipinski definition) is 1. The Hall–Kier alpha value is -2.08. The van der Waals surface area contributed by atoms with Gasteiger partial charge in [-0.25, -0.2) is 0 Å². The van der Waals surface area contributed by atoms with Crippen LogP contribution in [0.15, 0.2) is 18.2 Å². The molecule has 1 aromatic carbocycles. The largest absolute Gasteiger partial charge is 0.482 e. The first-order valence-electron chi connectivity index (χ1n) is 7.57. The average molecular weight is 303 g/mol. The highest BCUT2D eigenvalue weighted by molar-refractivity contribution is 5.99. The summed E-state index contributed by atoms with van der Waals surface area (Å²) in [5.74, 6) is 0.399. The van der Waals surface area contributed by atoms with Crippen LogP contribution in [0.25, 0.3) is 0 Å². The minimum absolute atomic E-state index is 0.0165. The first kappa shape index (κ1) is 14.8. The Morgan fingerprint density at radius 3 is 2.82 bits per heavy atom. The van der Waals surface area contributed by atoms with Gasteiger partial charge in [-0.1, -0.05) is 0 Å². The van der Waals surface area contributed by atoms with Crippen LogP contribution in [0.4, 0.5) is 5.69 Å². The molecule has 0 radical (unpaired) electrons. The number of anilines is 1. The predicted molar refractivity (Wildman–Crippen MR) is 83.2 cm³/mol. The monoisotopic (exact) mass is 303 g/mol.